The molecule has 0 saturated heterocycles. The molecule has 138 valence electrons. The van der Waals surface area contributed by atoms with E-state index in [1.165, 1.54) is 33.8 Å². The molecule has 4 rings (SSSR count). The first-order chi connectivity index (χ1) is 12.9. The van der Waals surface area contributed by atoms with E-state index < -0.39 is 0 Å². The third-order valence-corrected chi connectivity index (χ3v) is 5.25. The maximum atomic E-state index is 11.7. The summed E-state index contributed by atoms with van der Waals surface area (Å²) in [5.74, 6) is 0.709. The summed E-state index contributed by atoms with van der Waals surface area (Å²) in [4.78, 5) is 11.7. The van der Waals surface area contributed by atoms with E-state index in [0.717, 1.165) is 11.1 Å². The van der Waals surface area contributed by atoms with Gasteiger partial charge in [0.15, 0.2) is 0 Å². The van der Waals surface area contributed by atoms with Gasteiger partial charge >= 0.3 is 5.63 Å². The highest BCUT2D eigenvalue weighted by atomic mass is 16.4. The van der Waals surface area contributed by atoms with Gasteiger partial charge in [-0.3, -0.25) is 0 Å². The highest BCUT2D eigenvalue weighted by molar-refractivity contribution is 5.94. The molecule has 0 fully saturated rings. The maximum absolute atomic E-state index is 11.7. The zero-order valence-electron chi connectivity index (χ0n) is 16.5. The van der Waals surface area contributed by atoms with Crippen molar-refractivity contribution in [1.29, 1.82) is 0 Å². The van der Waals surface area contributed by atoms with Gasteiger partial charge in [0.2, 0.25) is 0 Å². The summed E-state index contributed by atoms with van der Waals surface area (Å²) in [7, 11) is 0. The lowest BCUT2D eigenvalue weighted by Gasteiger charge is -2.21. The SMILES string of the molecule is Cc1ccc2oc(=O)ccc2c1-n1c(C(C)C)c2ccccc2c1C(C)C. The quantitative estimate of drug-likeness (QED) is 0.403. The second-order valence-corrected chi connectivity index (χ2v) is 7.86. The van der Waals surface area contributed by atoms with Gasteiger partial charge in [-0.25, -0.2) is 4.79 Å². The molecule has 0 atom stereocenters. The van der Waals surface area contributed by atoms with Crippen molar-refractivity contribution in [1.82, 2.24) is 4.57 Å². The third kappa shape index (κ3) is 2.69. The minimum absolute atomic E-state index is 0.317. The Morgan fingerprint density at radius 1 is 0.778 bits per heavy atom. The third-order valence-electron chi connectivity index (χ3n) is 5.25. The van der Waals surface area contributed by atoms with Gasteiger partial charge in [-0.15, -0.1) is 0 Å². The van der Waals surface area contributed by atoms with Gasteiger partial charge in [0.05, 0.1) is 5.69 Å². The first kappa shape index (κ1) is 17.6. The minimum Gasteiger partial charge on any atom is -0.423 e. The van der Waals surface area contributed by atoms with Gasteiger partial charge in [0, 0.05) is 33.6 Å². The molecule has 2 aromatic carbocycles. The van der Waals surface area contributed by atoms with Crippen molar-refractivity contribution in [2.24, 2.45) is 0 Å². The Labute approximate surface area is 159 Å². The van der Waals surface area contributed by atoms with E-state index in [1.54, 1.807) is 0 Å². The molecule has 2 heterocycles. The largest absolute Gasteiger partial charge is 0.423 e. The Balaban J connectivity index is 2.25. The molecule has 0 N–H and O–H groups in total. The van der Waals surface area contributed by atoms with Crippen molar-refractivity contribution < 1.29 is 4.42 Å². The average molecular weight is 359 g/mol. The molecule has 0 aliphatic rings. The van der Waals surface area contributed by atoms with Crippen LogP contribution in [0.5, 0.6) is 0 Å². The zero-order chi connectivity index (χ0) is 19.3. The second-order valence-electron chi connectivity index (χ2n) is 7.86. The van der Waals surface area contributed by atoms with Gasteiger partial charge in [0.25, 0.3) is 0 Å². The molecule has 0 spiro atoms. The number of aromatic nitrogens is 1. The highest BCUT2D eigenvalue weighted by Gasteiger charge is 2.24. The second kappa shape index (κ2) is 6.41. The van der Waals surface area contributed by atoms with Gasteiger partial charge in [-0.1, -0.05) is 58.0 Å². The lowest BCUT2D eigenvalue weighted by molar-refractivity contribution is 0.560. The molecule has 0 aliphatic carbocycles. The maximum Gasteiger partial charge on any atom is 0.336 e. The van der Waals surface area contributed by atoms with E-state index in [9.17, 15) is 4.79 Å². The van der Waals surface area contributed by atoms with Crippen LogP contribution < -0.4 is 5.63 Å². The molecular formula is C24H25NO2. The number of benzene rings is 2. The van der Waals surface area contributed by atoms with Crippen molar-refractivity contribution in [3.63, 3.8) is 0 Å². The van der Waals surface area contributed by atoms with E-state index in [4.69, 9.17) is 4.42 Å². The molecule has 0 saturated carbocycles. The standard InChI is InChI=1S/C24H25NO2/c1-14(2)22-17-8-6-7-9-18(17)23(15(3)4)25(22)24-16(5)10-12-20-19(24)11-13-21(26)27-20/h6-15H,1-5H3. The van der Waals surface area contributed by atoms with Crippen molar-refractivity contribution in [3.05, 3.63) is 75.9 Å². The summed E-state index contributed by atoms with van der Waals surface area (Å²) >= 11 is 0. The topological polar surface area (TPSA) is 35.1 Å². The summed E-state index contributed by atoms with van der Waals surface area (Å²) in [6.07, 6.45) is 0. The van der Waals surface area contributed by atoms with Crippen molar-refractivity contribution >= 4 is 21.7 Å². The highest BCUT2D eigenvalue weighted by Crippen LogP contribution is 2.40. The van der Waals surface area contributed by atoms with Gasteiger partial charge in [-0.05, 0) is 36.5 Å². The normalized spacial score (nSPS) is 12.0. The van der Waals surface area contributed by atoms with Crippen LogP contribution in [-0.2, 0) is 0 Å². The Morgan fingerprint density at radius 3 is 1.93 bits per heavy atom. The molecule has 3 nitrogen and oxygen atoms in total. The summed E-state index contributed by atoms with van der Waals surface area (Å²) in [5, 5.41) is 3.56. The molecule has 2 aromatic heterocycles. The lowest BCUT2D eigenvalue weighted by Crippen LogP contribution is -2.10. The molecule has 0 radical (unpaired) electrons. The van der Waals surface area contributed by atoms with E-state index in [1.807, 2.05) is 18.2 Å². The number of aryl methyl sites for hydroxylation is 1. The number of nitrogens with zero attached hydrogens (tertiary/aromatic N) is 1. The zero-order valence-corrected chi connectivity index (χ0v) is 16.5. The molecule has 0 amide bonds. The molecule has 0 aliphatic heterocycles. The van der Waals surface area contributed by atoms with Crippen molar-refractivity contribution in [2.45, 2.75) is 46.5 Å². The number of fused-ring (bicyclic) bond motifs is 2. The van der Waals surface area contributed by atoms with Crippen LogP contribution in [0.15, 0.2) is 57.7 Å². The fourth-order valence-corrected chi connectivity index (χ4v) is 4.22. The van der Waals surface area contributed by atoms with Crippen LogP contribution >= 0.6 is 0 Å². The van der Waals surface area contributed by atoms with Gasteiger partial charge < -0.3 is 8.98 Å². The Hall–Kier alpha value is -2.81. The number of hydrogen-bond donors (Lipinski definition) is 0. The predicted octanol–water partition coefficient (Wildman–Crippen LogP) is 6.29. The summed E-state index contributed by atoms with van der Waals surface area (Å²) < 4.78 is 7.90. The Kier molecular flexibility index (Phi) is 4.18. The van der Waals surface area contributed by atoms with Crippen molar-refractivity contribution in [2.75, 3.05) is 0 Å². The first-order valence-corrected chi connectivity index (χ1v) is 9.57. The number of rotatable bonds is 3. The van der Waals surface area contributed by atoms with Gasteiger partial charge in [-0.2, -0.15) is 0 Å². The first-order valence-electron chi connectivity index (χ1n) is 9.57. The van der Waals surface area contributed by atoms with E-state index in [2.05, 4.69) is 63.5 Å². The number of hydrogen-bond acceptors (Lipinski definition) is 2. The predicted molar refractivity (Wildman–Crippen MR) is 112 cm³/mol. The van der Waals surface area contributed by atoms with Crippen LogP contribution in [0.1, 0.15) is 56.5 Å². The van der Waals surface area contributed by atoms with Crippen LogP contribution in [0.25, 0.3) is 27.4 Å². The van der Waals surface area contributed by atoms with E-state index >= 15 is 0 Å². The van der Waals surface area contributed by atoms with Crippen LogP contribution in [0.3, 0.4) is 0 Å². The molecule has 4 aromatic rings. The monoisotopic (exact) mass is 359 g/mol. The molecule has 0 bridgehead atoms. The lowest BCUT2D eigenvalue weighted by atomic mass is 10.0. The fraction of sp³-hybridized carbons (Fsp3) is 0.292. The van der Waals surface area contributed by atoms with Crippen molar-refractivity contribution in [3.8, 4) is 5.69 Å². The van der Waals surface area contributed by atoms with E-state index in [0.29, 0.717) is 17.4 Å². The van der Waals surface area contributed by atoms with Crippen LogP contribution in [-0.4, -0.2) is 4.57 Å². The molecule has 27 heavy (non-hydrogen) atoms. The molecular weight excluding hydrogens is 334 g/mol. The summed E-state index contributed by atoms with van der Waals surface area (Å²) in [6.45, 7) is 11.1. The molecule has 0 unspecified atom stereocenters. The Morgan fingerprint density at radius 2 is 1.37 bits per heavy atom. The van der Waals surface area contributed by atoms with Crippen LogP contribution in [0.4, 0.5) is 0 Å². The van der Waals surface area contributed by atoms with Gasteiger partial charge in [0.1, 0.15) is 5.58 Å². The van der Waals surface area contributed by atoms with Crippen LogP contribution in [0.2, 0.25) is 0 Å². The molecule has 3 heteroatoms. The average Bonchev–Trinajstić information content (AvgIpc) is 2.96. The Bertz CT molecular complexity index is 1160. The smallest absolute Gasteiger partial charge is 0.336 e. The van der Waals surface area contributed by atoms with Crippen LogP contribution in [0, 0.1) is 6.92 Å². The minimum atomic E-state index is -0.317. The van der Waals surface area contributed by atoms with E-state index in [-0.39, 0.29) is 5.63 Å². The fourth-order valence-electron chi connectivity index (χ4n) is 4.22. The summed E-state index contributed by atoms with van der Waals surface area (Å²) in [5.41, 5.74) is 5.20. The summed E-state index contributed by atoms with van der Waals surface area (Å²) in [6, 6.07) is 16.0.